The van der Waals surface area contributed by atoms with Crippen LogP contribution in [0.2, 0.25) is 0 Å². The van der Waals surface area contributed by atoms with Crippen LogP contribution in [0.25, 0.3) is 0 Å². The van der Waals surface area contributed by atoms with E-state index in [2.05, 4.69) is 0 Å². The zero-order valence-electron chi connectivity index (χ0n) is 18.2. The summed E-state index contributed by atoms with van der Waals surface area (Å²) in [4.78, 5) is 49.7. The number of ketones is 1. The third-order valence-electron chi connectivity index (χ3n) is 4.43. The van der Waals surface area contributed by atoms with Crippen LogP contribution < -0.4 is 0 Å². The average Bonchev–Trinajstić information content (AvgIpc) is 2.76. The van der Waals surface area contributed by atoms with Crippen LogP contribution in [0.3, 0.4) is 0 Å². The standard InChI is InChI=1S/C21H26N2O7S2/c1-4-29-10-11-32-20(14(3)24)19(22-17(25)12-18(22)31-5-2)21(26)30-13-15-6-8-16(9-7-15)23(27)28/h6-9,18H,4-5,10-13H2,1-3H3. The molecule has 1 unspecified atom stereocenters. The van der Waals surface area contributed by atoms with Crippen molar-refractivity contribution in [2.75, 3.05) is 24.7 Å². The molecule has 0 aromatic heterocycles. The van der Waals surface area contributed by atoms with E-state index in [0.717, 1.165) is 17.5 Å². The van der Waals surface area contributed by atoms with Crippen molar-refractivity contribution in [3.05, 3.63) is 50.5 Å². The molecule has 1 aromatic rings. The number of nitrogens with zero attached hydrogens (tertiary/aromatic N) is 2. The van der Waals surface area contributed by atoms with Crippen molar-refractivity contribution in [3.8, 4) is 0 Å². The van der Waals surface area contributed by atoms with Crippen LogP contribution in [0.1, 0.15) is 32.8 Å². The molecule has 1 aromatic carbocycles. The maximum absolute atomic E-state index is 13.1. The van der Waals surface area contributed by atoms with E-state index >= 15 is 0 Å². The largest absolute Gasteiger partial charge is 0.456 e. The van der Waals surface area contributed by atoms with Crippen LogP contribution >= 0.6 is 23.5 Å². The fourth-order valence-electron chi connectivity index (χ4n) is 2.90. The highest BCUT2D eigenvalue weighted by atomic mass is 32.2. The van der Waals surface area contributed by atoms with Gasteiger partial charge in [0.15, 0.2) is 5.78 Å². The van der Waals surface area contributed by atoms with E-state index in [9.17, 15) is 24.5 Å². The number of non-ortho nitro benzene ring substituents is 1. The molecule has 1 fully saturated rings. The number of nitro groups is 1. The van der Waals surface area contributed by atoms with Crippen molar-refractivity contribution in [1.29, 1.82) is 0 Å². The van der Waals surface area contributed by atoms with Gasteiger partial charge in [-0.1, -0.05) is 6.92 Å². The molecule has 0 N–H and O–H groups in total. The normalized spacial score (nSPS) is 16.3. The summed E-state index contributed by atoms with van der Waals surface area (Å²) in [6.45, 7) is 5.93. The van der Waals surface area contributed by atoms with Crippen LogP contribution in [0.5, 0.6) is 0 Å². The molecule has 0 bridgehead atoms. The predicted octanol–water partition coefficient (Wildman–Crippen LogP) is 3.52. The van der Waals surface area contributed by atoms with Crippen molar-refractivity contribution >= 4 is 46.9 Å². The summed E-state index contributed by atoms with van der Waals surface area (Å²) in [5.74, 6) is -0.189. The first kappa shape index (κ1) is 25.9. The van der Waals surface area contributed by atoms with E-state index in [4.69, 9.17) is 9.47 Å². The van der Waals surface area contributed by atoms with Gasteiger partial charge in [0.05, 0.1) is 28.2 Å². The summed E-state index contributed by atoms with van der Waals surface area (Å²) in [6.07, 6.45) is 0.284. The maximum Gasteiger partial charge on any atom is 0.356 e. The number of benzene rings is 1. The van der Waals surface area contributed by atoms with Crippen molar-refractivity contribution in [3.63, 3.8) is 0 Å². The number of carbonyl (C=O) groups is 3. The Morgan fingerprint density at radius 2 is 1.94 bits per heavy atom. The Morgan fingerprint density at radius 1 is 1.25 bits per heavy atom. The fourth-order valence-corrected chi connectivity index (χ4v) is 4.84. The number of esters is 1. The first-order valence-corrected chi connectivity index (χ1v) is 12.1. The van der Waals surface area contributed by atoms with Gasteiger partial charge < -0.3 is 9.47 Å². The Kier molecular flexibility index (Phi) is 10.2. The van der Waals surface area contributed by atoms with Crippen LogP contribution in [-0.2, 0) is 30.5 Å². The molecular formula is C21H26N2O7S2. The molecule has 0 aliphatic carbocycles. The Hall–Kier alpha value is -2.37. The quantitative estimate of drug-likeness (QED) is 0.104. The molecule has 1 saturated heterocycles. The number of thioether (sulfide) groups is 2. The lowest BCUT2D eigenvalue weighted by Crippen LogP contribution is -2.52. The average molecular weight is 483 g/mol. The Morgan fingerprint density at radius 3 is 2.47 bits per heavy atom. The minimum absolute atomic E-state index is 0.0527. The molecule has 0 spiro atoms. The van der Waals surface area contributed by atoms with E-state index in [0.29, 0.717) is 24.5 Å². The van der Waals surface area contributed by atoms with Gasteiger partial charge in [-0.2, -0.15) is 0 Å². The van der Waals surface area contributed by atoms with Gasteiger partial charge in [-0.15, -0.1) is 23.5 Å². The molecule has 1 aliphatic rings. The van der Waals surface area contributed by atoms with Gasteiger partial charge in [0.2, 0.25) is 5.91 Å². The van der Waals surface area contributed by atoms with Crippen molar-refractivity contribution in [1.82, 2.24) is 4.90 Å². The molecule has 0 radical (unpaired) electrons. The number of Topliss-reactive ketones (excluding diaryl/α,β-unsaturated/α-hetero) is 1. The van der Waals surface area contributed by atoms with Crippen LogP contribution in [0.4, 0.5) is 5.69 Å². The van der Waals surface area contributed by atoms with Crippen molar-refractivity contribution in [2.24, 2.45) is 0 Å². The first-order valence-electron chi connectivity index (χ1n) is 10.1. The minimum Gasteiger partial charge on any atom is -0.456 e. The number of carbonyl (C=O) groups excluding carboxylic acids is 3. The molecular weight excluding hydrogens is 456 g/mol. The monoisotopic (exact) mass is 482 g/mol. The van der Waals surface area contributed by atoms with Crippen LogP contribution in [-0.4, -0.2) is 57.6 Å². The maximum atomic E-state index is 13.1. The van der Waals surface area contributed by atoms with Crippen molar-refractivity contribution in [2.45, 2.75) is 39.2 Å². The zero-order valence-corrected chi connectivity index (χ0v) is 19.8. The van der Waals surface area contributed by atoms with E-state index in [1.165, 1.54) is 47.9 Å². The first-order chi connectivity index (χ1) is 15.3. The highest BCUT2D eigenvalue weighted by Crippen LogP contribution is 2.37. The van der Waals surface area contributed by atoms with Gasteiger partial charge in [0, 0.05) is 24.5 Å². The second-order valence-corrected chi connectivity index (χ2v) is 9.22. The molecule has 1 atom stereocenters. The Labute approximate surface area is 195 Å². The summed E-state index contributed by atoms with van der Waals surface area (Å²) in [6, 6.07) is 5.61. The number of β-lactam (4-membered cyclic amide) rings is 1. The van der Waals surface area contributed by atoms with Gasteiger partial charge in [0.25, 0.3) is 5.69 Å². The molecule has 0 saturated carbocycles. The molecule has 1 heterocycles. The zero-order chi connectivity index (χ0) is 23.7. The summed E-state index contributed by atoms with van der Waals surface area (Å²) >= 11 is 2.67. The van der Waals surface area contributed by atoms with Gasteiger partial charge in [-0.3, -0.25) is 24.6 Å². The highest BCUT2D eigenvalue weighted by molar-refractivity contribution is 8.04. The number of ether oxygens (including phenoxy) is 2. The molecule has 1 amide bonds. The minimum atomic E-state index is -0.785. The second-order valence-electron chi connectivity index (χ2n) is 6.66. The van der Waals surface area contributed by atoms with Crippen LogP contribution in [0.15, 0.2) is 34.9 Å². The highest BCUT2D eigenvalue weighted by Gasteiger charge is 2.43. The molecule has 32 heavy (non-hydrogen) atoms. The van der Waals surface area contributed by atoms with E-state index < -0.39 is 10.9 Å². The van der Waals surface area contributed by atoms with Gasteiger partial charge in [-0.25, -0.2) is 4.79 Å². The van der Waals surface area contributed by atoms with E-state index in [1.807, 2.05) is 13.8 Å². The fraction of sp³-hybridized carbons (Fsp3) is 0.476. The summed E-state index contributed by atoms with van der Waals surface area (Å²) in [5, 5.41) is 10.6. The molecule has 1 aliphatic heterocycles. The lowest BCUT2D eigenvalue weighted by Gasteiger charge is -2.40. The number of hydrogen-bond donors (Lipinski definition) is 0. The predicted molar refractivity (Wildman–Crippen MR) is 123 cm³/mol. The Bertz CT molecular complexity index is 887. The lowest BCUT2D eigenvalue weighted by atomic mass is 10.1. The smallest absolute Gasteiger partial charge is 0.356 e. The van der Waals surface area contributed by atoms with E-state index in [-0.39, 0.29) is 46.4 Å². The summed E-state index contributed by atoms with van der Waals surface area (Å²) < 4.78 is 10.7. The molecule has 11 heteroatoms. The molecule has 9 nitrogen and oxygen atoms in total. The summed E-state index contributed by atoms with van der Waals surface area (Å²) in [7, 11) is 0. The number of likely N-dealkylation sites (tertiary alicyclic amines) is 1. The van der Waals surface area contributed by atoms with Crippen LogP contribution in [0, 0.1) is 10.1 Å². The Balaban J connectivity index is 2.27. The topological polar surface area (TPSA) is 116 Å². The number of nitro benzene ring substituents is 1. The second kappa shape index (κ2) is 12.6. The SMILES string of the molecule is CCOCCSC(C(C)=O)=C(C(=O)OCc1ccc([N+](=O)[O-])cc1)N1C(=O)CC1SCC. The number of amides is 1. The molecule has 174 valence electrons. The van der Waals surface area contributed by atoms with Gasteiger partial charge >= 0.3 is 5.97 Å². The third kappa shape index (κ3) is 6.81. The number of rotatable bonds is 13. The van der Waals surface area contributed by atoms with Crippen molar-refractivity contribution < 1.29 is 28.8 Å². The summed E-state index contributed by atoms with van der Waals surface area (Å²) in [5.41, 5.74) is 0.421. The molecule has 2 rings (SSSR count). The lowest BCUT2D eigenvalue weighted by molar-refractivity contribution is -0.384. The van der Waals surface area contributed by atoms with Gasteiger partial charge in [0.1, 0.15) is 12.3 Å². The number of hydrogen-bond acceptors (Lipinski definition) is 9. The van der Waals surface area contributed by atoms with Gasteiger partial charge in [-0.05, 0) is 37.3 Å². The van der Waals surface area contributed by atoms with E-state index in [1.54, 1.807) is 0 Å². The number of allylic oxidation sites excluding steroid dienone is 1. The third-order valence-corrected chi connectivity index (χ3v) is 6.67.